The molecule has 1 aromatic rings. The predicted molar refractivity (Wildman–Crippen MR) is 122 cm³/mol. The highest BCUT2D eigenvalue weighted by Gasteiger charge is 2.49. The summed E-state index contributed by atoms with van der Waals surface area (Å²) in [5.74, 6) is 1.21. The van der Waals surface area contributed by atoms with Crippen molar-refractivity contribution in [2.45, 2.75) is 65.1 Å². The van der Waals surface area contributed by atoms with E-state index in [1.54, 1.807) is 0 Å². The van der Waals surface area contributed by atoms with Crippen molar-refractivity contribution >= 4 is 11.3 Å². The van der Waals surface area contributed by atoms with Gasteiger partial charge in [0, 0.05) is 37.3 Å². The van der Waals surface area contributed by atoms with Crippen molar-refractivity contribution in [1.82, 2.24) is 10.3 Å². The summed E-state index contributed by atoms with van der Waals surface area (Å²) in [6.07, 6.45) is 10.8. The van der Waals surface area contributed by atoms with Crippen LogP contribution in [0.15, 0.2) is 18.5 Å². The largest absolute Gasteiger partial charge is 0.488 e. The van der Waals surface area contributed by atoms with E-state index in [1.165, 1.54) is 24.8 Å². The predicted octanol–water partition coefficient (Wildman–Crippen LogP) is 3.60. The summed E-state index contributed by atoms with van der Waals surface area (Å²) in [4.78, 5) is 7.15. The minimum Gasteiger partial charge on any atom is -0.488 e. The van der Waals surface area contributed by atoms with Crippen LogP contribution >= 0.6 is 0 Å². The van der Waals surface area contributed by atoms with Gasteiger partial charge in [-0.25, -0.2) is 0 Å². The van der Waals surface area contributed by atoms with Crippen LogP contribution in [0.3, 0.4) is 0 Å². The van der Waals surface area contributed by atoms with Crippen molar-refractivity contribution in [2.24, 2.45) is 16.7 Å². The second-order valence-electron chi connectivity index (χ2n) is 11.0. The molecule has 2 saturated heterocycles. The molecule has 0 bridgehead atoms. The smallest absolute Gasteiger partial charge is 0.147 e. The molecule has 31 heavy (non-hydrogen) atoms. The third-order valence-electron chi connectivity index (χ3n) is 7.29. The summed E-state index contributed by atoms with van der Waals surface area (Å²) in [5, 5.41) is 13.1. The van der Waals surface area contributed by atoms with Gasteiger partial charge in [-0.2, -0.15) is 0 Å². The van der Waals surface area contributed by atoms with E-state index in [-0.39, 0.29) is 12.0 Å². The van der Waals surface area contributed by atoms with Gasteiger partial charge in [-0.1, -0.05) is 20.8 Å². The van der Waals surface area contributed by atoms with Gasteiger partial charge >= 0.3 is 0 Å². The number of allylic oxidation sites excluding steroid dienone is 1. The SMILES string of the molecule is CC(C)/C(=C\NCC1CC2(CC2)CO1)c1ncc(N2CC(C)(CO)C2)cc1OC1CC1. The number of aliphatic hydroxyl groups is 1. The van der Waals surface area contributed by atoms with E-state index in [0.717, 1.165) is 56.2 Å². The van der Waals surface area contributed by atoms with Crippen molar-refractivity contribution in [2.75, 3.05) is 37.7 Å². The topological polar surface area (TPSA) is 66.9 Å². The second kappa shape index (κ2) is 7.96. The molecule has 1 spiro atoms. The van der Waals surface area contributed by atoms with Crippen molar-refractivity contribution in [3.05, 3.63) is 24.2 Å². The molecule has 5 rings (SSSR count). The van der Waals surface area contributed by atoms with Crippen LogP contribution in [-0.2, 0) is 4.74 Å². The van der Waals surface area contributed by atoms with Crippen LogP contribution in [0.25, 0.3) is 5.57 Å². The van der Waals surface area contributed by atoms with E-state index in [1.807, 2.05) is 6.20 Å². The van der Waals surface area contributed by atoms with Gasteiger partial charge in [-0.15, -0.1) is 0 Å². The molecule has 2 aliphatic carbocycles. The fourth-order valence-corrected chi connectivity index (χ4v) is 4.80. The number of nitrogens with one attached hydrogen (secondary N) is 1. The molecular weight excluding hydrogens is 390 g/mol. The molecule has 1 atom stereocenters. The lowest BCUT2D eigenvalue weighted by atomic mass is 9.82. The Hall–Kier alpha value is -1.79. The van der Waals surface area contributed by atoms with E-state index < -0.39 is 0 Å². The Balaban J connectivity index is 1.31. The van der Waals surface area contributed by atoms with Crippen molar-refractivity contribution in [1.29, 1.82) is 0 Å². The monoisotopic (exact) mass is 427 g/mol. The average molecular weight is 428 g/mol. The van der Waals surface area contributed by atoms with Crippen molar-refractivity contribution in [3.63, 3.8) is 0 Å². The Bertz CT molecular complexity index is 838. The highest BCUT2D eigenvalue weighted by atomic mass is 16.5. The lowest BCUT2D eigenvalue weighted by Crippen LogP contribution is -2.56. The number of hydrogen-bond acceptors (Lipinski definition) is 6. The molecule has 2 aliphatic heterocycles. The summed E-state index contributed by atoms with van der Waals surface area (Å²) < 4.78 is 12.3. The molecule has 2 N–H and O–H groups in total. The molecular formula is C25H37N3O3. The van der Waals surface area contributed by atoms with E-state index in [0.29, 0.717) is 23.5 Å². The van der Waals surface area contributed by atoms with Gasteiger partial charge in [0.25, 0.3) is 0 Å². The summed E-state index contributed by atoms with van der Waals surface area (Å²) in [7, 11) is 0. The van der Waals surface area contributed by atoms with Gasteiger partial charge in [-0.3, -0.25) is 4.98 Å². The lowest BCUT2D eigenvalue weighted by molar-refractivity contribution is 0.107. The second-order valence-corrected chi connectivity index (χ2v) is 11.0. The molecule has 1 aromatic heterocycles. The molecule has 0 radical (unpaired) electrons. The summed E-state index contributed by atoms with van der Waals surface area (Å²) >= 11 is 0. The zero-order chi connectivity index (χ0) is 21.6. The fraction of sp³-hybridized carbons (Fsp3) is 0.720. The maximum absolute atomic E-state index is 9.57. The Morgan fingerprint density at radius 3 is 2.77 bits per heavy atom. The Morgan fingerprint density at radius 1 is 1.39 bits per heavy atom. The minimum absolute atomic E-state index is 0.00947. The van der Waals surface area contributed by atoms with E-state index in [2.05, 4.69) is 43.3 Å². The number of hydrogen-bond donors (Lipinski definition) is 2. The zero-order valence-corrected chi connectivity index (χ0v) is 19.2. The summed E-state index contributed by atoms with van der Waals surface area (Å²) in [5.41, 5.74) is 3.70. The quantitative estimate of drug-likeness (QED) is 0.628. The summed E-state index contributed by atoms with van der Waals surface area (Å²) in [6.45, 7) is 10.2. The minimum atomic E-state index is -0.00947. The van der Waals surface area contributed by atoms with E-state index >= 15 is 0 Å². The number of ether oxygens (including phenoxy) is 2. The van der Waals surface area contributed by atoms with Crippen LogP contribution in [0.5, 0.6) is 5.75 Å². The number of pyridine rings is 1. The lowest BCUT2D eigenvalue weighted by Gasteiger charge is -2.48. The Labute approximate surface area is 186 Å². The molecule has 1 unspecified atom stereocenters. The van der Waals surface area contributed by atoms with Crippen LogP contribution in [0.4, 0.5) is 5.69 Å². The van der Waals surface area contributed by atoms with Crippen LogP contribution in [0.1, 0.15) is 58.6 Å². The number of aromatic nitrogens is 1. The van der Waals surface area contributed by atoms with Crippen LogP contribution in [0, 0.1) is 16.7 Å². The number of nitrogens with zero attached hydrogens (tertiary/aromatic N) is 2. The molecule has 170 valence electrons. The van der Waals surface area contributed by atoms with Crippen LogP contribution < -0.4 is 15.0 Å². The number of anilines is 1. The maximum atomic E-state index is 9.57. The van der Waals surface area contributed by atoms with Crippen molar-refractivity contribution in [3.8, 4) is 5.75 Å². The van der Waals surface area contributed by atoms with Crippen LogP contribution in [-0.4, -0.2) is 55.1 Å². The third kappa shape index (κ3) is 4.56. The fourth-order valence-electron chi connectivity index (χ4n) is 4.80. The maximum Gasteiger partial charge on any atom is 0.147 e. The molecule has 3 heterocycles. The molecule has 4 aliphatic rings. The Morgan fingerprint density at radius 2 is 2.16 bits per heavy atom. The van der Waals surface area contributed by atoms with E-state index in [9.17, 15) is 5.11 Å². The first-order valence-corrected chi connectivity index (χ1v) is 12.0. The molecule has 4 fully saturated rings. The Kier molecular flexibility index (Phi) is 5.41. The third-order valence-corrected chi connectivity index (χ3v) is 7.29. The van der Waals surface area contributed by atoms with Gasteiger partial charge in [-0.05, 0) is 49.0 Å². The first kappa shape index (κ1) is 21.1. The number of rotatable bonds is 9. The van der Waals surface area contributed by atoms with Gasteiger partial charge in [0.05, 0.1) is 37.3 Å². The first-order chi connectivity index (χ1) is 14.9. The molecule has 6 nitrogen and oxygen atoms in total. The molecule has 0 amide bonds. The highest BCUT2D eigenvalue weighted by molar-refractivity contribution is 5.71. The molecule has 2 saturated carbocycles. The normalized spacial score (nSPS) is 26.3. The zero-order valence-electron chi connectivity index (χ0n) is 19.2. The van der Waals surface area contributed by atoms with E-state index in [4.69, 9.17) is 14.5 Å². The first-order valence-electron chi connectivity index (χ1n) is 12.0. The molecule has 0 aromatic carbocycles. The van der Waals surface area contributed by atoms with Gasteiger partial charge < -0.3 is 24.8 Å². The summed E-state index contributed by atoms with van der Waals surface area (Å²) in [6, 6.07) is 2.14. The number of aliphatic hydroxyl groups excluding tert-OH is 1. The average Bonchev–Trinajstić information content (AvgIpc) is 3.63. The standard InChI is InChI=1S/C25H37N3O3/c1-17(2)21(12-26-11-20-9-25(6-7-25)16-30-20)23-22(31-19-4-5-19)8-18(10-27-23)28-13-24(3,14-28)15-29/h8,10,12,17,19-20,26,29H,4-7,9,11,13-16H2,1-3H3/b21-12+. The van der Waals surface area contributed by atoms with Crippen LogP contribution in [0.2, 0.25) is 0 Å². The van der Waals surface area contributed by atoms with Gasteiger partial charge in [0.2, 0.25) is 0 Å². The highest BCUT2D eigenvalue weighted by Crippen LogP contribution is 2.53. The van der Waals surface area contributed by atoms with Gasteiger partial charge in [0.1, 0.15) is 11.4 Å². The van der Waals surface area contributed by atoms with Crippen molar-refractivity contribution < 1.29 is 14.6 Å². The molecule has 6 heteroatoms. The van der Waals surface area contributed by atoms with Gasteiger partial charge in [0.15, 0.2) is 0 Å².